The van der Waals surface area contributed by atoms with Crippen LogP contribution in [0.3, 0.4) is 0 Å². The largest absolute Gasteiger partial charge is 0.462 e. The second-order valence-electron chi connectivity index (χ2n) is 5.68. The van der Waals surface area contributed by atoms with Crippen LogP contribution in [0.1, 0.15) is 23.7 Å². The maximum atomic E-state index is 12.1. The van der Waals surface area contributed by atoms with Gasteiger partial charge in [-0.05, 0) is 43.3 Å². The van der Waals surface area contributed by atoms with Gasteiger partial charge in [-0.3, -0.25) is 4.79 Å². The topological polar surface area (TPSA) is 94.3 Å². The molecular weight excluding hydrogens is 378 g/mol. The number of carbonyl (C=O) groups is 2. The number of benzene rings is 2. The van der Waals surface area contributed by atoms with Crippen LogP contribution in [0.15, 0.2) is 64.2 Å². The Morgan fingerprint density at radius 3 is 2.54 bits per heavy atom. The minimum Gasteiger partial charge on any atom is -0.462 e. The first-order valence-electron chi connectivity index (χ1n) is 8.74. The van der Waals surface area contributed by atoms with Gasteiger partial charge in [0, 0.05) is 23.4 Å². The molecule has 0 aliphatic heterocycles. The van der Waals surface area contributed by atoms with Gasteiger partial charge in [0.25, 0.3) is 5.22 Å². The van der Waals surface area contributed by atoms with Gasteiger partial charge in [-0.2, -0.15) is 0 Å². The highest BCUT2D eigenvalue weighted by Gasteiger charge is 2.10. The molecule has 0 fully saturated rings. The number of aromatic nitrogens is 2. The molecule has 1 aromatic heterocycles. The lowest BCUT2D eigenvalue weighted by molar-refractivity contribution is -0.115. The number of carbonyl (C=O) groups excluding carboxylic acids is 2. The Kier molecular flexibility index (Phi) is 6.80. The van der Waals surface area contributed by atoms with Crippen molar-refractivity contribution in [3.63, 3.8) is 0 Å². The van der Waals surface area contributed by atoms with Crippen LogP contribution < -0.4 is 5.32 Å². The first-order chi connectivity index (χ1) is 13.7. The highest BCUT2D eigenvalue weighted by atomic mass is 32.2. The van der Waals surface area contributed by atoms with Crippen LogP contribution in [0.5, 0.6) is 0 Å². The SMILES string of the molecule is CCOC(=O)c1ccc(NC(=O)CCSc2nnc(-c3ccccc3)o2)cc1. The summed E-state index contributed by atoms with van der Waals surface area (Å²) < 4.78 is 10.5. The van der Waals surface area contributed by atoms with Crippen LogP contribution in [0, 0.1) is 0 Å². The van der Waals surface area contributed by atoms with Crippen molar-refractivity contribution in [1.29, 1.82) is 0 Å². The van der Waals surface area contributed by atoms with E-state index in [0.29, 0.717) is 34.7 Å². The zero-order chi connectivity index (χ0) is 19.8. The van der Waals surface area contributed by atoms with Crippen LogP contribution in [-0.2, 0) is 9.53 Å². The van der Waals surface area contributed by atoms with Crippen LogP contribution in [0.25, 0.3) is 11.5 Å². The molecule has 28 heavy (non-hydrogen) atoms. The van der Waals surface area contributed by atoms with E-state index in [4.69, 9.17) is 9.15 Å². The van der Waals surface area contributed by atoms with E-state index in [-0.39, 0.29) is 18.3 Å². The Morgan fingerprint density at radius 2 is 1.82 bits per heavy atom. The average Bonchev–Trinajstić information content (AvgIpc) is 3.18. The van der Waals surface area contributed by atoms with Gasteiger partial charge in [-0.15, -0.1) is 10.2 Å². The number of hydrogen-bond donors (Lipinski definition) is 1. The molecule has 8 heteroatoms. The number of ether oxygens (including phenoxy) is 1. The summed E-state index contributed by atoms with van der Waals surface area (Å²) in [6.45, 7) is 2.07. The van der Waals surface area contributed by atoms with Crippen molar-refractivity contribution in [3.05, 3.63) is 60.2 Å². The van der Waals surface area contributed by atoms with Crippen molar-refractivity contribution in [2.75, 3.05) is 17.7 Å². The molecule has 0 unspecified atom stereocenters. The van der Waals surface area contributed by atoms with Gasteiger partial charge in [0.15, 0.2) is 0 Å². The van der Waals surface area contributed by atoms with Crippen LogP contribution in [0.2, 0.25) is 0 Å². The van der Waals surface area contributed by atoms with Gasteiger partial charge in [-0.25, -0.2) is 4.79 Å². The fourth-order valence-corrected chi connectivity index (χ4v) is 3.02. The third-order valence-corrected chi connectivity index (χ3v) is 4.48. The van der Waals surface area contributed by atoms with Gasteiger partial charge in [0.05, 0.1) is 12.2 Å². The molecule has 1 N–H and O–H groups in total. The molecule has 0 bridgehead atoms. The van der Waals surface area contributed by atoms with Crippen molar-refractivity contribution in [2.24, 2.45) is 0 Å². The van der Waals surface area contributed by atoms with E-state index in [0.717, 1.165) is 5.56 Å². The number of rotatable bonds is 8. The maximum absolute atomic E-state index is 12.1. The van der Waals surface area contributed by atoms with Gasteiger partial charge in [0.1, 0.15) is 0 Å². The summed E-state index contributed by atoms with van der Waals surface area (Å²) >= 11 is 1.32. The standard InChI is InChI=1S/C20H19N3O4S/c1-2-26-19(25)15-8-10-16(11-9-15)21-17(24)12-13-28-20-23-22-18(27-20)14-6-4-3-5-7-14/h3-11H,2,12-13H2,1H3,(H,21,24). The fraction of sp³-hybridized carbons (Fsp3) is 0.200. The molecule has 2 aromatic carbocycles. The summed E-state index contributed by atoms with van der Waals surface area (Å²) in [4.78, 5) is 23.7. The zero-order valence-corrected chi connectivity index (χ0v) is 16.1. The lowest BCUT2D eigenvalue weighted by atomic mass is 10.2. The van der Waals surface area contributed by atoms with Crippen molar-refractivity contribution in [1.82, 2.24) is 10.2 Å². The zero-order valence-electron chi connectivity index (χ0n) is 15.3. The normalized spacial score (nSPS) is 10.5. The average molecular weight is 397 g/mol. The van der Waals surface area contributed by atoms with Crippen LogP contribution >= 0.6 is 11.8 Å². The van der Waals surface area contributed by atoms with E-state index < -0.39 is 0 Å². The van der Waals surface area contributed by atoms with Crippen molar-refractivity contribution >= 4 is 29.3 Å². The van der Waals surface area contributed by atoms with E-state index in [1.165, 1.54) is 11.8 Å². The Hall–Kier alpha value is -3.13. The number of amides is 1. The van der Waals surface area contributed by atoms with E-state index in [9.17, 15) is 9.59 Å². The number of hydrogen-bond acceptors (Lipinski definition) is 7. The third kappa shape index (κ3) is 5.43. The molecule has 0 radical (unpaired) electrons. The smallest absolute Gasteiger partial charge is 0.338 e. The molecular formula is C20H19N3O4S. The predicted octanol–water partition coefficient (Wildman–Crippen LogP) is 4.03. The molecule has 1 heterocycles. The molecule has 0 saturated carbocycles. The Morgan fingerprint density at radius 1 is 1.07 bits per heavy atom. The predicted molar refractivity (Wildman–Crippen MR) is 106 cm³/mol. The Bertz CT molecular complexity index is 926. The van der Waals surface area contributed by atoms with Crippen LogP contribution in [0.4, 0.5) is 5.69 Å². The number of nitrogens with one attached hydrogen (secondary N) is 1. The summed E-state index contributed by atoms with van der Waals surface area (Å²) in [7, 11) is 0. The Balaban J connectivity index is 1.45. The fourth-order valence-electron chi connectivity index (χ4n) is 2.32. The van der Waals surface area contributed by atoms with Gasteiger partial charge < -0.3 is 14.5 Å². The van der Waals surface area contributed by atoms with Crippen molar-refractivity contribution < 1.29 is 18.7 Å². The number of thioether (sulfide) groups is 1. The monoisotopic (exact) mass is 397 g/mol. The molecule has 3 rings (SSSR count). The molecule has 1 amide bonds. The van der Waals surface area contributed by atoms with Gasteiger partial charge in [-0.1, -0.05) is 30.0 Å². The molecule has 144 valence electrons. The number of nitrogens with zero attached hydrogens (tertiary/aromatic N) is 2. The molecule has 0 saturated heterocycles. The van der Waals surface area contributed by atoms with Crippen molar-refractivity contribution in [3.8, 4) is 11.5 Å². The molecule has 0 aliphatic carbocycles. The van der Waals surface area contributed by atoms with E-state index in [2.05, 4.69) is 15.5 Å². The van der Waals surface area contributed by atoms with E-state index in [1.807, 2.05) is 30.3 Å². The van der Waals surface area contributed by atoms with E-state index in [1.54, 1.807) is 31.2 Å². The lowest BCUT2D eigenvalue weighted by Gasteiger charge is -2.06. The molecule has 3 aromatic rings. The second-order valence-corrected chi connectivity index (χ2v) is 6.73. The van der Waals surface area contributed by atoms with Crippen molar-refractivity contribution in [2.45, 2.75) is 18.6 Å². The molecule has 7 nitrogen and oxygen atoms in total. The van der Waals surface area contributed by atoms with E-state index >= 15 is 0 Å². The van der Waals surface area contributed by atoms with Crippen LogP contribution in [-0.4, -0.2) is 34.4 Å². The summed E-state index contributed by atoms with van der Waals surface area (Å²) in [5, 5.41) is 11.2. The first-order valence-corrected chi connectivity index (χ1v) is 9.73. The maximum Gasteiger partial charge on any atom is 0.338 e. The first kappa shape index (κ1) is 19.6. The molecule has 0 spiro atoms. The Labute approximate surface area is 166 Å². The lowest BCUT2D eigenvalue weighted by Crippen LogP contribution is -2.12. The second kappa shape index (κ2) is 9.70. The minimum absolute atomic E-state index is 0.140. The summed E-state index contributed by atoms with van der Waals surface area (Å²) in [6, 6.07) is 16.1. The quantitative estimate of drug-likeness (QED) is 0.453. The van der Waals surface area contributed by atoms with Gasteiger partial charge >= 0.3 is 5.97 Å². The van der Waals surface area contributed by atoms with Gasteiger partial charge in [0.2, 0.25) is 11.8 Å². The highest BCUT2D eigenvalue weighted by molar-refractivity contribution is 7.99. The number of anilines is 1. The molecule has 0 aliphatic rings. The summed E-state index contributed by atoms with van der Waals surface area (Å²) in [5.74, 6) is 0.433. The summed E-state index contributed by atoms with van der Waals surface area (Å²) in [6.07, 6.45) is 0.285. The summed E-state index contributed by atoms with van der Waals surface area (Å²) in [5.41, 5.74) is 1.92. The number of esters is 1. The highest BCUT2D eigenvalue weighted by Crippen LogP contribution is 2.23. The minimum atomic E-state index is -0.383. The molecule has 0 atom stereocenters. The third-order valence-electron chi connectivity index (χ3n) is 3.66.